The predicted molar refractivity (Wildman–Crippen MR) is 82.2 cm³/mol. The monoisotopic (exact) mass is 345 g/mol. The van der Waals surface area contributed by atoms with Crippen LogP contribution >= 0.6 is 15.9 Å². The maximum atomic E-state index is 13.5. The van der Waals surface area contributed by atoms with Gasteiger partial charge in [-0.1, -0.05) is 33.1 Å². The lowest BCUT2D eigenvalue weighted by molar-refractivity contribution is -0.140. The lowest BCUT2D eigenvalue weighted by Crippen LogP contribution is -2.21. The molecule has 0 heterocycles. The number of hydrogen-bond acceptors (Lipinski definition) is 2. The topological polar surface area (TPSA) is 63.3 Å². The van der Waals surface area contributed by atoms with Gasteiger partial charge in [0.25, 0.3) is 0 Å². The molecule has 2 atom stereocenters. The number of hydrogen-bond donors (Lipinski definition) is 2. The van der Waals surface area contributed by atoms with Crippen LogP contribution in [0.1, 0.15) is 51.0 Å². The summed E-state index contributed by atoms with van der Waals surface area (Å²) in [4.78, 5) is 11.6. The number of rotatable bonds is 7. The summed E-state index contributed by atoms with van der Waals surface area (Å²) in [5, 5.41) is 9.47. The highest BCUT2D eigenvalue weighted by Gasteiger charge is 2.29. The van der Waals surface area contributed by atoms with Gasteiger partial charge in [-0.2, -0.15) is 0 Å². The summed E-state index contributed by atoms with van der Waals surface area (Å²) in [7, 11) is 0. The van der Waals surface area contributed by atoms with E-state index in [2.05, 4.69) is 22.9 Å². The number of benzene rings is 1. The van der Waals surface area contributed by atoms with Crippen LogP contribution in [0.2, 0.25) is 0 Å². The molecule has 0 fully saturated rings. The Morgan fingerprint density at radius 1 is 1.45 bits per heavy atom. The number of nitrogens with two attached hydrogens (primary N) is 1. The third kappa shape index (κ3) is 4.20. The van der Waals surface area contributed by atoms with E-state index in [0.717, 1.165) is 25.7 Å². The van der Waals surface area contributed by atoms with Gasteiger partial charge < -0.3 is 10.8 Å². The van der Waals surface area contributed by atoms with E-state index >= 15 is 0 Å². The Balaban J connectivity index is 3.05. The molecule has 5 heteroatoms. The first-order valence-corrected chi connectivity index (χ1v) is 7.65. The fraction of sp³-hybridized carbons (Fsp3) is 0.533. The molecule has 0 spiro atoms. The van der Waals surface area contributed by atoms with Gasteiger partial charge >= 0.3 is 5.97 Å². The quantitative estimate of drug-likeness (QED) is 0.562. The number of nitrogen functional groups attached to an aromatic ring is 1. The first kappa shape index (κ1) is 17.0. The van der Waals surface area contributed by atoms with Crippen LogP contribution in [-0.2, 0) is 4.79 Å². The highest BCUT2D eigenvalue weighted by molar-refractivity contribution is 9.10. The van der Waals surface area contributed by atoms with Gasteiger partial charge in [-0.05, 0) is 46.0 Å². The van der Waals surface area contributed by atoms with Gasteiger partial charge in [0.1, 0.15) is 5.82 Å². The van der Waals surface area contributed by atoms with Crippen molar-refractivity contribution < 1.29 is 14.3 Å². The molecule has 0 radical (unpaired) electrons. The van der Waals surface area contributed by atoms with Crippen molar-refractivity contribution in [2.75, 3.05) is 5.73 Å². The highest BCUT2D eigenvalue weighted by atomic mass is 79.9. The fourth-order valence-electron chi connectivity index (χ4n) is 2.43. The Morgan fingerprint density at radius 3 is 2.65 bits per heavy atom. The van der Waals surface area contributed by atoms with Crippen LogP contribution in [0.4, 0.5) is 10.1 Å². The molecule has 112 valence electrons. The second-order valence-corrected chi connectivity index (χ2v) is 6.03. The zero-order chi connectivity index (χ0) is 15.3. The zero-order valence-electron chi connectivity index (χ0n) is 11.8. The SMILES string of the molecule is CCCCCC(C)C(C(=O)O)c1cc(F)cc(Br)c1N. The van der Waals surface area contributed by atoms with Crippen molar-refractivity contribution in [3.05, 3.63) is 28.0 Å². The van der Waals surface area contributed by atoms with Crippen LogP contribution in [-0.4, -0.2) is 11.1 Å². The molecule has 0 amide bonds. The van der Waals surface area contributed by atoms with E-state index in [-0.39, 0.29) is 5.92 Å². The zero-order valence-corrected chi connectivity index (χ0v) is 13.4. The Bertz CT molecular complexity index is 479. The summed E-state index contributed by atoms with van der Waals surface area (Å²) in [6.07, 6.45) is 3.91. The molecule has 2 unspecified atom stereocenters. The van der Waals surface area contributed by atoms with E-state index in [1.807, 2.05) is 6.92 Å². The molecule has 0 aliphatic heterocycles. The molecule has 1 aromatic rings. The summed E-state index contributed by atoms with van der Waals surface area (Å²) in [6, 6.07) is 2.48. The number of carbonyl (C=O) groups is 1. The van der Waals surface area contributed by atoms with E-state index in [0.29, 0.717) is 15.7 Å². The second-order valence-electron chi connectivity index (χ2n) is 5.18. The van der Waals surface area contributed by atoms with E-state index in [1.165, 1.54) is 12.1 Å². The van der Waals surface area contributed by atoms with E-state index in [9.17, 15) is 14.3 Å². The van der Waals surface area contributed by atoms with Crippen LogP contribution in [0.25, 0.3) is 0 Å². The van der Waals surface area contributed by atoms with Crippen LogP contribution in [0, 0.1) is 11.7 Å². The fourth-order valence-corrected chi connectivity index (χ4v) is 2.88. The minimum Gasteiger partial charge on any atom is -0.481 e. The molecule has 0 aliphatic rings. The molecule has 0 aliphatic carbocycles. The number of halogens is 2. The molecular formula is C15H21BrFNO2. The van der Waals surface area contributed by atoms with Crippen molar-refractivity contribution in [3.63, 3.8) is 0 Å². The van der Waals surface area contributed by atoms with Crippen molar-refractivity contribution in [1.82, 2.24) is 0 Å². The molecule has 20 heavy (non-hydrogen) atoms. The van der Waals surface area contributed by atoms with Gasteiger partial charge in [0.05, 0.1) is 11.6 Å². The molecule has 0 saturated carbocycles. The number of carboxylic acids is 1. The number of anilines is 1. The van der Waals surface area contributed by atoms with Crippen molar-refractivity contribution in [3.8, 4) is 0 Å². The Hall–Kier alpha value is -1.10. The van der Waals surface area contributed by atoms with Crippen LogP contribution in [0.15, 0.2) is 16.6 Å². The Kier molecular flexibility index (Phi) is 6.46. The Morgan fingerprint density at radius 2 is 2.10 bits per heavy atom. The van der Waals surface area contributed by atoms with E-state index in [4.69, 9.17) is 5.73 Å². The van der Waals surface area contributed by atoms with Crippen molar-refractivity contribution >= 4 is 27.6 Å². The maximum absolute atomic E-state index is 13.5. The molecule has 0 saturated heterocycles. The molecule has 3 nitrogen and oxygen atoms in total. The highest BCUT2D eigenvalue weighted by Crippen LogP contribution is 2.36. The van der Waals surface area contributed by atoms with Crippen LogP contribution in [0.5, 0.6) is 0 Å². The largest absolute Gasteiger partial charge is 0.481 e. The van der Waals surface area contributed by atoms with E-state index < -0.39 is 17.7 Å². The van der Waals surface area contributed by atoms with E-state index in [1.54, 1.807) is 0 Å². The molecule has 1 rings (SSSR count). The van der Waals surface area contributed by atoms with Crippen molar-refractivity contribution in [2.45, 2.75) is 45.4 Å². The summed E-state index contributed by atoms with van der Waals surface area (Å²) in [6.45, 7) is 3.98. The normalized spacial score (nSPS) is 14.0. The Labute approximate surface area is 127 Å². The first-order valence-electron chi connectivity index (χ1n) is 6.85. The summed E-state index contributed by atoms with van der Waals surface area (Å²) in [5.41, 5.74) is 6.57. The molecule has 0 aromatic heterocycles. The minimum absolute atomic E-state index is 0.0879. The van der Waals surface area contributed by atoms with Gasteiger partial charge in [0, 0.05) is 4.47 Å². The maximum Gasteiger partial charge on any atom is 0.311 e. The second kappa shape index (κ2) is 7.62. The van der Waals surface area contributed by atoms with Crippen molar-refractivity contribution in [2.24, 2.45) is 5.92 Å². The third-order valence-electron chi connectivity index (χ3n) is 3.56. The number of unbranched alkanes of at least 4 members (excludes halogenated alkanes) is 2. The molecular weight excluding hydrogens is 325 g/mol. The van der Waals surface area contributed by atoms with Crippen LogP contribution < -0.4 is 5.73 Å². The van der Waals surface area contributed by atoms with Crippen LogP contribution in [0.3, 0.4) is 0 Å². The lowest BCUT2D eigenvalue weighted by Gasteiger charge is -2.22. The number of carboxylic acid groups (broad SMARTS) is 1. The minimum atomic E-state index is -0.960. The summed E-state index contributed by atoms with van der Waals surface area (Å²) >= 11 is 3.17. The smallest absolute Gasteiger partial charge is 0.311 e. The van der Waals surface area contributed by atoms with Crippen molar-refractivity contribution in [1.29, 1.82) is 0 Å². The molecule has 3 N–H and O–H groups in total. The van der Waals surface area contributed by atoms with Gasteiger partial charge in [-0.3, -0.25) is 4.79 Å². The molecule has 0 bridgehead atoms. The average Bonchev–Trinajstić information content (AvgIpc) is 2.35. The van der Waals surface area contributed by atoms with Gasteiger partial charge in [0.2, 0.25) is 0 Å². The summed E-state index contributed by atoms with van der Waals surface area (Å²) in [5.74, 6) is -2.31. The number of aliphatic carboxylic acids is 1. The predicted octanol–water partition coefficient (Wildman–Crippen LogP) is 4.56. The first-order chi connectivity index (χ1) is 9.38. The standard InChI is InChI=1S/C15H21BrFNO2/c1-3-4-5-6-9(2)13(15(19)20)11-7-10(17)8-12(16)14(11)18/h7-9,13H,3-6,18H2,1-2H3,(H,19,20). The van der Waals surface area contributed by atoms with Gasteiger partial charge in [0.15, 0.2) is 0 Å². The lowest BCUT2D eigenvalue weighted by atomic mass is 9.83. The average molecular weight is 346 g/mol. The summed E-state index contributed by atoms with van der Waals surface area (Å²) < 4.78 is 13.9. The van der Waals surface area contributed by atoms with Gasteiger partial charge in [-0.15, -0.1) is 0 Å². The molecule has 1 aromatic carbocycles. The van der Waals surface area contributed by atoms with Gasteiger partial charge in [-0.25, -0.2) is 4.39 Å². The third-order valence-corrected chi connectivity index (χ3v) is 4.22.